The molecule has 2 aromatic rings. The fourth-order valence-electron chi connectivity index (χ4n) is 3.46. The topological polar surface area (TPSA) is 79.4 Å². The lowest BCUT2D eigenvalue weighted by Gasteiger charge is -2.29. The minimum atomic E-state index is -2.59. The number of anilines is 2. The molecule has 0 saturated heterocycles. The smallest absolute Gasteiger partial charge is 0.381 e. The van der Waals surface area contributed by atoms with Crippen LogP contribution in [0.4, 0.5) is 11.4 Å². The zero-order valence-corrected chi connectivity index (χ0v) is 25.0. The Balaban J connectivity index is 0.000000360. The highest BCUT2D eigenvalue weighted by molar-refractivity contribution is 6.61. The molecule has 0 aromatic heterocycles. The van der Waals surface area contributed by atoms with Crippen LogP contribution in [0.15, 0.2) is 60.7 Å². The van der Waals surface area contributed by atoms with Gasteiger partial charge in [0.15, 0.2) is 0 Å². The van der Waals surface area contributed by atoms with Crippen molar-refractivity contribution >= 4 is 29.0 Å². The van der Waals surface area contributed by atoms with Gasteiger partial charge in [-0.15, -0.1) is 0 Å². The van der Waals surface area contributed by atoms with Gasteiger partial charge in [-0.05, 0) is 65.8 Å². The van der Waals surface area contributed by atoms with Crippen LogP contribution in [-0.2, 0) is 26.6 Å². The van der Waals surface area contributed by atoms with Crippen LogP contribution in [0.3, 0.4) is 0 Å². The first kappa shape index (κ1) is 32.3. The van der Waals surface area contributed by atoms with Crippen molar-refractivity contribution in [2.75, 3.05) is 49.8 Å². The van der Waals surface area contributed by atoms with Crippen LogP contribution in [0.25, 0.3) is 0 Å². The van der Waals surface area contributed by atoms with E-state index in [0.717, 1.165) is 11.4 Å². The molecule has 0 amide bonds. The summed E-state index contributed by atoms with van der Waals surface area (Å²) in [5.74, 6) is 0. The highest BCUT2D eigenvalue weighted by Crippen LogP contribution is 2.15. The standard InChI is InChI=1S/2C13H23NO3Si/c1-5-15-18(4,16-6-2)17-12(3)14-13-10-8-7-9-11-13;1-4-15-18(16-5-2,17-6-3)12-14-13-10-8-7-9-11-13/h7-12,14H,5-6H2,1-4H3;7-11,14H,4-6,12H2,1-3H3. The summed E-state index contributed by atoms with van der Waals surface area (Å²) in [6.45, 7) is 16.6. The van der Waals surface area contributed by atoms with Gasteiger partial charge < -0.3 is 37.2 Å². The quantitative estimate of drug-likeness (QED) is 0.194. The van der Waals surface area contributed by atoms with Gasteiger partial charge in [-0.25, -0.2) is 0 Å². The molecule has 0 saturated carbocycles. The minimum absolute atomic E-state index is 0.151. The molecule has 0 fully saturated rings. The van der Waals surface area contributed by atoms with Crippen molar-refractivity contribution in [3.05, 3.63) is 60.7 Å². The summed E-state index contributed by atoms with van der Waals surface area (Å²) in [7, 11) is -5.12. The van der Waals surface area contributed by atoms with Crippen molar-refractivity contribution in [3.63, 3.8) is 0 Å². The summed E-state index contributed by atoms with van der Waals surface area (Å²) in [5, 5.41) is 6.59. The van der Waals surface area contributed by atoms with Gasteiger partial charge in [-0.2, -0.15) is 0 Å². The van der Waals surface area contributed by atoms with E-state index in [4.69, 9.17) is 26.6 Å². The van der Waals surface area contributed by atoms with Crippen molar-refractivity contribution in [1.82, 2.24) is 0 Å². The average molecular weight is 539 g/mol. The number of hydrogen-bond acceptors (Lipinski definition) is 8. The second kappa shape index (κ2) is 18.5. The van der Waals surface area contributed by atoms with Crippen LogP contribution in [-0.4, -0.2) is 63.0 Å². The third-order valence-electron chi connectivity index (χ3n) is 4.72. The van der Waals surface area contributed by atoms with Gasteiger partial charge in [0, 0.05) is 51.0 Å². The van der Waals surface area contributed by atoms with Gasteiger partial charge in [0.25, 0.3) is 0 Å². The Morgan fingerprint density at radius 2 is 1.06 bits per heavy atom. The number of rotatable bonds is 17. The third kappa shape index (κ3) is 13.0. The Morgan fingerprint density at radius 3 is 1.47 bits per heavy atom. The average Bonchev–Trinajstić information content (AvgIpc) is 2.85. The SMILES string of the molecule is CCO[Si](C)(OCC)OC(C)Nc1ccccc1.CCO[Si](CNc1ccccc1)(OCC)OCC. The van der Waals surface area contributed by atoms with E-state index in [9.17, 15) is 0 Å². The van der Waals surface area contributed by atoms with Gasteiger partial charge in [0.05, 0.1) is 6.17 Å². The van der Waals surface area contributed by atoms with Gasteiger partial charge in [-0.1, -0.05) is 36.4 Å². The predicted molar refractivity (Wildman–Crippen MR) is 151 cm³/mol. The van der Waals surface area contributed by atoms with E-state index >= 15 is 0 Å². The Morgan fingerprint density at radius 1 is 0.639 bits per heavy atom. The molecule has 2 N–H and O–H groups in total. The first-order chi connectivity index (χ1) is 17.4. The first-order valence-electron chi connectivity index (χ1n) is 12.8. The van der Waals surface area contributed by atoms with E-state index in [1.165, 1.54) is 0 Å². The molecule has 10 heteroatoms. The Kier molecular flexibility index (Phi) is 16.6. The predicted octanol–water partition coefficient (Wildman–Crippen LogP) is 5.79. The fraction of sp³-hybridized carbons (Fsp3) is 0.538. The second-order valence-electron chi connectivity index (χ2n) is 7.70. The van der Waals surface area contributed by atoms with E-state index in [2.05, 4.69) is 10.6 Å². The Labute approximate surface area is 220 Å². The van der Waals surface area contributed by atoms with Crippen molar-refractivity contribution in [1.29, 1.82) is 0 Å². The molecule has 0 aliphatic carbocycles. The molecule has 204 valence electrons. The van der Waals surface area contributed by atoms with E-state index in [1.54, 1.807) is 0 Å². The van der Waals surface area contributed by atoms with Crippen LogP contribution in [0.5, 0.6) is 0 Å². The summed E-state index contributed by atoms with van der Waals surface area (Å²) in [6.07, 6.45) is 0.439. The van der Waals surface area contributed by atoms with E-state index in [0.29, 0.717) is 39.2 Å². The largest absolute Gasteiger partial charge is 0.521 e. The highest BCUT2D eigenvalue weighted by Gasteiger charge is 2.40. The van der Waals surface area contributed by atoms with Crippen molar-refractivity contribution in [2.45, 2.75) is 54.3 Å². The van der Waals surface area contributed by atoms with Crippen LogP contribution in [0.1, 0.15) is 41.5 Å². The van der Waals surface area contributed by atoms with Gasteiger partial charge in [-0.3, -0.25) is 0 Å². The van der Waals surface area contributed by atoms with Crippen LogP contribution < -0.4 is 10.6 Å². The number of para-hydroxylation sites is 2. The van der Waals surface area contributed by atoms with E-state index < -0.39 is 17.6 Å². The molecule has 36 heavy (non-hydrogen) atoms. The maximum Gasteiger partial charge on any atom is 0.521 e. The molecule has 8 nitrogen and oxygen atoms in total. The summed E-state index contributed by atoms with van der Waals surface area (Å²) in [4.78, 5) is 0. The van der Waals surface area contributed by atoms with Crippen LogP contribution in [0, 0.1) is 0 Å². The van der Waals surface area contributed by atoms with Crippen molar-refractivity contribution in [3.8, 4) is 0 Å². The molecule has 2 aromatic carbocycles. The summed E-state index contributed by atoms with van der Waals surface area (Å²) in [5.41, 5.74) is 2.07. The molecule has 0 aliphatic heterocycles. The molecule has 2 rings (SSSR count). The molecule has 0 heterocycles. The molecule has 0 radical (unpaired) electrons. The Bertz CT molecular complexity index is 765. The van der Waals surface area contributed by atoms with Crippen molar-refractivity contribution < 1.29 is 26.6 Å². The molecular formula is C26H46N2O6Si2. The number of nitrogens with one attached hydrogen (secondary N) is 2. The molecule has 0 bridgehead atoms. The van der Waals surface area contributed by atoms with E-state index in [-0.39, 0.29) is 6.23 Å². The fourth-order valence-corrected chi connectivity index (χ4v) is 7.72. The van der Waals surface area contributed by atoms with Crippen LogP contribution in [0.2, 0.25) is 6.55 Å². The monoisotopic (exact) mass is 538 g/mol. The van der Waals surface area contributed by atoms with E-state index in [1.807, 2.05) is 109 Å². The maximum atomic E-state index is 5.91. The third-order valence-corrected chi connectivity index (χ3v) is 9.93. The molecule has 1 unspecified atom stereocenters. The molecule has 0 aliphatic rings. The lowest BCUT2D eigenvalue weighted by atomic mass is 10.3. The second-order valence-corrected chi connectivity index (χ2v) is 12.8. The van der Waals surface area contributed by atoms with Crippen molar-refractivity contribution in [2.24, 2.45) is 0 Å². The summed E-state index contributed by atoms with van der Waals surface area (Å²) in [6, 6.07) is 20.0. The maximum absolute atomic E-state index is 5.91. The van der Waals surface area contributed by atoms with Gasteiger partial charge in [0.2, 0.25) is 0 Å². The van der Waals surface area contributed by atoms with Gasteiger partial charge in [0.1, 0.15) is 6.23 Å². The molecule has 0 spiro atoms. The highest BCUT2D eigenvalue weighted by atomic mass is 28.4. The first-order valence-corrected chi connectivity index (χ1v) is 17.0. The molecule has 1 atom stereocenters. The summed E-state index contributed by atoms with van der Waals surface area (Å²) < 4.78 is 34.5. The molecular weight excluding hydrogens is 492 g/mol. The Hall–Kier alpha value is -1.77. The normalized spacial score (nSPS) is 12.4. The minimum Gasteiger partial charge on any atom is -0.381 e. The lowest BCUT2D eigenvalue weighted by molar-refractivity contribution is 0.0533. The number of hydrogen-bond donors (Lipinski definition) is 2. The van der Waals surface area contributed by atoms with Crippen LogP contribution >= 0.6 is 0 Å². The zero-order chi connectivity index (χ0) is 26.7. The lowest BCUT2D eigenvalue weighted by Crippen LogP contribution is -2.52. The van der Waals surface area contributed by atoms with Gasteiger partial charge >= 0.3 is 17.6 Å². The number of benzene rings is 2. The zero-order valence-electron chi connectivity index (χ0n) is 23.0. The summed E-state index contributed by atoms with van der Waals surface area (Å²) >= 11 is 0.